The van der Waals surface area contributed by atoms with Crippen molar-refractivity contribution < 1.29 is 9.53 Å². The fraction of sp³-hybridized carbons (Fsp3) is 0.500. The summed E-state index contributed by atoms with van der Waals surface area (Å²) in [5, 5.41) is 3.60. The zero-order valence-electron chi connectivity index (χ0n) is 11.5. The molecule has 6 heteroatoms. The van der Waals surface area contributed by atoms with Gasteiger partial charge in [0, 0.05) is 6.07 Å². The number of nitrogens with one attached hydrogen (secondary N) is 1. The molecular formula is C14H20ClN3O2. The van der Waals surface area contributed by atoms with E-state index in [9.17, 15) is 4.79 Å². The molecule has 0 spiro atoms. The quantitative estimate of drug-likeness (QED) is 0.578. The Kier molecular flexibility index (Phi) is 4.86. The lowest BCUT2D eigenvalue weighted by Crippen LogP contribution is -2.43. The highest BCUT2D eigenvalue weighted by molar-refractivity contribution is 6.33. The number of halogens is 1. The highest BCUT2D eigenvalue weighted by Gasteiger charge is 2.29. The van der Waals surface area contributed by atoms with Gasteiger partial charge < -0.3 is 21.5 Å². The minimum atomic E-state index is -0.536. The van der Waals surface area contributed by atoms with Gasteiger partial charge in [0.05, 0.1) is 29.4 Å². The van der Waals surface area contributed by atoms with Crippen LogP contribution in [0.3, 0.4) is 0 Å². The van der Waals surface area contributed by atoms with Gasteiger partial charge >= 0.3 is 0 Å². The van der Waals surface area contributed by atoms with Gasteiger partial charge in [-0.05, 0) is 37.9 Å². The normalized spacial score (nSPS) is 17.8. The van der Waals surface area contributed by atoms with E-state index in [0.29, 0.717) is 22.0 Å². The number of carbonyl (C=O) groups is 1. The van der Waals surface area contributed by atoms with E-state index in [0.717, 1.165) is 25.9 Å². The highest BCUT2D eigenvalue weighted by Crippen LogP contribution is 2.31. The van der Waals surface area contributed by atoms with Gasteiger partial charge in [-0.25, -0.2) is 0 Å². The summed E-state index contributed by atoms with van der Waals surface area (Å²) >= 11 is 5.99. The molecule has 110 valence electrons. The molecule has 5 N–H and O–H groups in total. The van der Waals surface area contributed by atoms with Crippen molar-refractivity contribution in [3.8, 4) is 5.75 Å². The SMILES string of the molecule is COc1cc(N)c(Cl)cc1C(=O)C(N)C1CCNCC1. The maximum absolute atomic E-state index is 12.6. The predicted molar refractivity (Wildman–Crippen MR) is 80.3 cm³/mol. The van der Waals surface area contributed by atoms with E-state index in [4.69, 9.17) is 27.8 Å². The maximum atomic E-state index is 12.6. The van der Waals surface area contributed by atoms with E-state index >= 15 is 0 Å². The largest absolute Gasteiger partial charge is 0.496 e. The van der Waals surface area contributed by atoms with Crippen LogP contribution in [0.2, 0.25) is 5.02 Å². The van der Waals surface area contributed by atoms with Crippen molar-refractivity contribution in [2.45, 2.75) is 18.9 Å². The molecule has 20 heavy (non-hydrogen) atoms. The molecule has 0 radical (unpaired) electrons. The Balaban J connectivity index is 2.25. The molecule has 1 atom stereocenters. The zero-order chi connectivity index (χ0) is 14.7. The third-order valence-electron chi connectivity index (χ3n) is 3.78. The molecule has 1 aliphatic rings. The van der Waals surface area contributed by atoms with Gasteiger partial charge in [0.15, 0.2) is 5.78 Å². The highest BCUT2D eigenvalue weighted by atomic mass is 35.5. The van der Waals surface area contributed by atoms with E-state index in [1.807, 2.05) is 0 Å². The Morgan fingerprint density at radius 3 is 2.70 bits per heavy atom. The minimum Gasteiger partial charge on any atom is -0.496 e. The second kappa shape index (κ2) is 6.43. The number of Topliss-reactive ketones (excluding diaryl/α,β-unsaturated/α-hetero) is 1. The van der Waals surface area contributed by atoms with Crippen LogP contribution < -0.4 is 21.5 Å². The average Bonchev–Trinajstić information content (AvgIpc) is 2.49. The molecule has 2 rings (SSSR count). The van der Waals surface area contributed by atoms with E-state index < -0.39 is 6.04 Å². The van der Waals surface area contributed by atoms with E-state index in [-0.39, 0.29) is 11.7 Å². The van der Waals surface area contributed by atoms with Crippen molar-refractivity contribution in [3.05, 3.63) is 22.7 Å². The van der Waals surface area contributed by atoms with Crippen LogP contribution in [-0.2, 0) is 0 Å². The van der Waals surface area contributed by atoms with Crippen molar-refractivity contribution in [2.24, 2.45) is 11.7 Å². The fourth-order valence-electron chi connectivity index (χ4n) is 2.53. The van der Waals surface area contributed by atoms with Crippen molar-refractivity contribution in [1.29, 1.82) is 0 Å². The lowest BCUT2D eigenvalue weighted by molar-refractivity contribution is 0.0916. The molecule has 1 aromatic carbocycles. The van der Waals surface area contributed by atoms with Gasteiger partial charge in [-0.15, -0.1) is 0 Å². The smallest absolute Gasteiger partial charge is 0.183 e. The van der Waals surface area contributed by atoms with Crippen LogP contribution in [0.1, 0.15) is 23.2 Å². The Hall–Kier alpha value is -1.30. The van der Waals surface area contributed by atoms with Crippen molar-refractivity contribution >= 4 is 23.1 Å². The molecular weight excluding hydrogens is 278 g/mol. The molecule has 5 nitrogen and oxygen atoms in total. The molecule has 1 aliphatic heterocycles. The number of piperidine rings is 1. The van der Waals surface area contributed by atoms with Crippen molar-refractivity contribution in [2.75, 3.05) is 25.9 Å². The topological polar surface area (TPSA) is 90.4 Å². The lowest BCUT2D eigenvalue weighted by Gasteiger charge is -2.27. The van der Waals surface area contributed by atoms with E-state index in [1.54, 1.807) is 12.1 Å². The number of ketones is 1. The number of benzene rings is 1. The molecule has 0 aliphatic carbocycles. The summed E-state index contributed by atoms with van der Waals surface area (Å²) in [5.41, 5.74) is 12.6. The van der Waals surface area contributed by atoms with Gasteiger partial charge in [-0.1, -0.05) is 11.6 Å². The minimum absolute atomic E-state index is 0.143. The van der Waals surface area contributed by atoms with Crippen LogP contribution in [0.15, 0.2) is 12.1 Å². The first kappa shape index (κ1) is 15.1. The first-order valence-corrected chi connectivity index (χ1v) is 7.06. The van der Waals surface area contributed by atoms with E-state index in [2.05, 4.69) is 5.32 Å². The monoisotopic (exact) mass is 297 g/mol. The molecule has 1 saturated heterocycles. The Labute approximate surface area is 123 Å². The van der Waals surface area contributed by atoms with Crippen LogP contribution in [-0.4, -0.2) is 32.0 Å². The fourth-order valence-corrected chi connectivity index (χ4v) is 2.69. The maximum Gasteiger partial charge on any atom is 0.183 e. The molecule has 1 fully saturated rings. The van der Waals surface area contributed by atoms with Crippen LogP contribution in [0, 0.1) is 5.92 Å². The van der Waals surface area contributed by atoms with Crippen LogP contribution in [0.4, 0.5) is 5.69 Å². The number of methoxy groups -OCH3 is 1. The molecule has 1 heterocycles. The zero-order valence-corrected chi connectivity index (χ0v) is 12.2. The average molecular weight is 298 g/mol. The van der Waals surface area contributed by atoms with Crippen molar-refractivity contribution in [1.82, 2.24) is 5.32 Å². The molecule has 0 amide bonds. The lowest BCUT2D eigenvalue weighted by atomic mass is 9.86. The van der Waals surface area contributed by atoms with Gasteiger partial charge in [0.2, 0.25) is 0 Å². The Morgan fingerprint density at radius 2 is 2.10 bits per heavy atom. The third-order valence-corrected chi connectivity index (χ3v) is 4.11. The summed E-state index contributed by atoms with van der Waals surface area (Å²) in [6.45, 7) is 1.79. The summed E-state index contributed by atoms with van der Waals surface area (Å²) in [6.07, 6.45) is 1.80. The summed E-state index contributed by atoms with van der Waals surface area (Å²) in [6, 6.07) is 2.56. The van der Waals surface area contributed by atoms with Crippen LogP contribution >= 0.6 is 11.6 Å². The first-order valence-electron chi connectivity index (χ1n) is 6.68. The molecule has 0 aromatic heterocycles. The number of nitrogen functional groups attached to an aromatic ring is 1. The van der Waals surface area contributed by atoms with Crippen molar-refractivity contribution in [3.63, 3.8) is 0 Å². The summed E-state index contributed by atoms with van der Waals surface area (Å²) in [4.78, 5) is 12.6. The molecule has 1 unspecified atom stereocenters. The van der Waals surface area contributed by atoms with Crippen LogP contribution in [0.5, 0.6) is 5.75 Å². The number of ether oxygens (including phenoxy) is 1. The van der Waals surface area contributed by atoms with Crippen LogP contribution in [0.25, 0.3) is 0 Å². The summed E-state index contributed by atoms with van der Waals surface area (Å²) < 4.78 is 5.21. The Bertz CT molecular complexity index is 501. The summed E-state index contributed by atoms with van der Waals surface area (Å²) in [7, 11) is 1.50. The van der Waals surface area contributed by atoms with Gasteiger partial charge in [0.25, 0.3) is 0 Å². The number of anilines is 1. The first-order chi connectivity index (χ1) is 9.54. The Morgan fingerprint density at radius 1 is 1.45 bits per heavy atom. The summed E-state index contributed by atoms with van der Waals surface area (Å²) in [5.74, 6) is 0.460. The number of carbonyl (C=O) groups excluding carboxylic acids is 1. The number of hydrogen-bond donors (Lipinski definition) is 3. The van der Waals surface area contributed by atoms with Gasteiger partial charge in [-0.2, -0.15) is 0 Å². The number of hydrogen-bond acceptors (Lipinski definition) is 5. The second-order valence-corrected chi connectivity index (χ2v) is 5.46. The molecule has 1 aromatic rings. The van der Waals surface area contributed by atoms with E-state index in [1.165, 1.54) is 7.11 Å². The standard InChI is InChI=1S/C14H20ClN3O2/c1-20-12-7-11(16)10(15)6-9(12)14(19)13(17)8-2-4-18-5-3-8/h6-8,13,18H,2-5,16-17H2,1H3. The van der Waals surface area contributed by atoms with Gasteiger partial charge in [0.1, 0.15) is 5.75 Å². The number of nitrogens with two attached hydrogens (primary N) is 2. The second-order valence-electron chi connectivity index (χ2n) is 5.05. The van der Waals surface area contributed by atoms with Gasteiger partial charge in [-0.3, -0.25) is 4.79 Å². The number of rotatable bonds is 4. The third kappa shape index (κ3) is 3.06. The predicted octanol–water partition coefficient (Wildman–Crippen LogP) is 1.44. The molecule has 0 bridgehead atoms. The molecule has 0 saturated carbocycles.